The van der Waals surface area contributed by atoms with Crippen LogP contribution >= 0.6 is 11.6 Å². The fraction of sp³-hybridized carbons (Fsp3) is 0.350. The van der Waals surface area contributed by atoms with Crippen molar-refractivity contribution in [3.63, 3.8) is 0 Å². The summed E-state index contributed by atoms with van der Waals surface area (Å²) in [7, 11) is -3.49. The Hall–Kier alpha value is -1.96. The highest BCUT2D eigenvalue weighted by molar-refractivity contribution is 7.88. The van der Waals surface area contributed by atoms with Crippen molar-refractivity contribution >= 4 is 27.5 Å². The van der Waals surface area contributed by atoms with Crippen molar-refractivity contribution in [1.82, 2.24) is 9.62 Å². The smallest absolute Gasteiger partial charge is 0.223 e. The Balaban J connectivity index is 1.51. The third kappa shape index (κ3) is 5.31. The highest BCUT2D eigenvalue weighted by Gasteiger charge is 2.31. The Morgan fingerprint density at radius 2 is 1.75 bits per heavy atom. The Morgan fingerprint density at radius 1 is 1.11 bits per heavy atom. The molecule has 1 heterocycles. The Morgan fingerprint density at radius 3 is 2.39 bits per heavy atom. The molecule has 150 valence electrons. The first kappa shape index (κ1) is 20.8. The molecule has 0 saturated carbocycles. The zero-order valence-corrected chi connectivity index (χ0v) is 16.8. The molecular weight excluding hydrogens is 403 g/mol. The molecule has 1 amide bonds. The van der Waals surface area contributed by atoms with Crippen molar-refractivity contribution in [1.29, 1.82) is 0 Å². The van der Waals surface area contributed by atoms with E-state index in [0.29, 0.717) is 43.1 Å². The van der Waals surface area contributed by atoms with E-state index >= 15 is 0 Å². The van der Waals surface area contributed by atoms with Crippen molar-refractivity contribution in [2.45, 2.75) is 25.1 Å². The van der Waals surface area contributed by atoms with Gasteiger partial charge >= 0.3 is 0 Å². The number of carbonyl (C=O) groups is 1. The first-order valence-electron chi connectivity index (χ1n) is 9.08. The van der Waals surface area contributed by atoms with Crippen LogP contribution in [0.1, 0.15) is 24.0 Å². The Labute approximate surface area is 169 Å². The average molecular weight is 425 g/mol. The molecule has 0 unspecified atom stereocenters. The predicted octanol–water partition coefficient (Wildman–Crippen LogP) is 3.34. The van der Waals surface area contributed by atoms with Crippen molar-refractivity contribution in [2.75, 3.05) is 13.1 Å². The van der Waals surface area contributed by atoms with E-state index in [4.69, 9.17) is 11.6 Å². The number of nitrogens with zero attached hydrogens (tertiary/aromatic N) is 1. The molecular formula is C20H22ClFN2O3S. The summed E-state index contributed by atoms with van der Waals surface area (Å²) < 4.78 is 39.7. The van der Waals surface area contributed by atoms with Crippen LogP contribution in [-0.4, -0.2) is 31.7 Å². The van der Waals surface area contributed by atoms with Gasteiger partial charge in [-0.15, -0.1) is 0 Å². The zero-order valence-electron chi connectivity index (χ0n) is 15.3. The van der Waals surface area contributed by atoms with E-state index < -0.39 is 10.0 Å². The molecule has 1 aliphatic rings. The van der Waals surface area contributed by atoms with E-state index in [1.54, 1.807) is 36.4 Å². The summed E-state index contributed by atoms with van der Waals surface area (Å²) in [6, 6.07) is 12.8. The van der Waals surface area contributed by atoms with Crippen molar-refractivity contribution in [3.8, 4) is 0 Å². The minimum absolute atomic E-state index is 0.104. The minimum Gasteiger partial charge on any atom is -0.352 e. The lowest BCUT2D eigenvalue weighted by Gasteiger charge is -2.30. The fourth-order valence-corrected chi connectivity index (χ4v) is 5.11. The maximum atomic E-state index is 12.9. The van der Waals surface area contributed by atoms with Crippen LogP contribution in [0.25, 0.3) is 0 Å². The van der Waals surface area contributed by atoms with Gasteiger partial charge in [0.25, 0.3) is 0 Å². The third-order valence-electron chi connectivity index (χ3n) is 4.89. The second kappa shape index (κ2) is 9.03. The number of hydrogen-bond donors (Lipinski definition) is 1. The van der Waals surface area contributed by atoms with E-state index in [9.17, 15) is 17.6 Å². The van der Waals surface area contributed by atoms with Gasteiger partial charge in [0.2, 0.25) is 15.9 Å². The molecule has 1 fully saturated rings. The highest BCUT2D eigenvalue weighted by atomic mass is 35.5. The van der Waals surface area contributed by atoms with Gasteiger partial charge in [0, 0.05) is 30.6 Å². The number of amides is 1. The van der Waals surface area contributed by atoms with Gasteiger partial charge in [0.1, 0.15) is 5.82 Å². The van der Waals surface area contributed by atoms with Crippen LogP contribution in [0.4, 0.5) is 4.39 Å². The number of benzene rings is 2. The Kier molecular flexibility index (Phi) is 6.69. The van der Waals surface area contributed by atoms with Gasteiger partial charge in [-0.1, -0.05) is 41.9 Å². The number of nitrogens with one attached hydrogen (secondary N) is 1. The summed E-state index contributed by atoms with van der Waals surface area (Å²) in [6.07, 6.45) is 0.938. The van der Waals surface area contributed by atoms with Crippen LogP contribution in [-0.2, 0) is 27.1 Å². The molecule has 8 heteroatoms. The largest absolute Gasteiger partial charge is 0.352 e. The molecule has 0 aliphatic carbocycles. The first-order valence-corrected chi connectivity index (χ1v) is 11.1. The average Bonchev–Trinajstić information content (AvgIpc) is 2.69. The van der Waals surface area contributed by atoms with Gasteiger partial charge in [-0.3, -0.25) is 4.79 Å². The van der Waals surface area contributed by atoms with E-state index in [0.717, 1.165) is 5.56 Å². The van der Waals surface area contributed by atoms with Crippen LogP contribution in [0.3, 0.4) is 0 Å². The quantitative estimate of drug-likeness (QED) is 0.773. The fourth-order valence-electron chi connectivity index (χ4n) is 3.24. The standard InChI is InChI=1S/C20H22ClFN2O3S/c21-19-4-2-1-3-17(19)14-28(26,27)24-11-9-16(10-12-24)20(25)23-13-15-5-7-18(22)8-6-15/h1-8,16H,9-14H2,(H,23,25). The van der Waals surface area contributed by atoms with E-state index in [1.807, 2.05) is 0 Å². The maximum Gasteiger partial charge on any atom is 0.223 e. The van der Waals surface area contributed by atoms with Gasteiger partial charge in [-0.2, -0.15) is 0 Å². The molecule has 5 nitrogen and oxygen atoms in total. The third-order valence-corrected chi connectivity index (χ3v) is 7.09. The van der Waals surface area contributed by atoms with E-state index in [1.165, 1.54) is 16.4 Å². The second-order valence-corrected chi connectivity index (χ2v) is 9.24. The van der Waals surface area contributed by atoms with Crippen molar-refractivity contribution in [3.05, 3.63) is 70.5 Å². The molecule has 0 atom stereocenters. The molecule has 0 aromatic heterocycles. The molecule has 0 radical (unpaired) electrons. The van der Waals surface area contributed by atoms with Crippen LogP contribution in [0, 0.1) is 11.7 Å². The van der Waals surface area contributed by atoms with Crippen LogP contribution in [0.15, 0.2) is 48.5 Å². The molecule has 2 aromatic carbocycles. The summed E-state index contributed by atoms with van der Waals surface area (Å²) in [6.45, 7) is 0.937. The van der Waals surface area contributed by atoms with Gasteiger partial charge in [0.05, 0.1) is 5.75 Å². The molecule has 2 aromatic rings. The molecule has 1 N–H and O–H groups in total. The van der Waals surface area contributed by atoms with E-state index in [2.05, 4.69) is 5.32 Å². The molecule has 0 spiro atoms. The maximum absolute atomic E-state index is 12.9. The van der Waals surface area contributed by atoms with Gasteiger partial charge in [0.15, 0.2) is 0 Å². The summed E-state index contributed by atoms with van der Waals surface area (Å²) in [5, 5.41) is 3.27. The lowest BCUT2D eigenvalue weighted by atomic mass is 9.97. The van der Waals surface area contributed by atoms with Gasteiger partial charge in [-0.05, 0) is 42.2 Å². The summed E-state index contributed by atoms with van der Waals surface area (Å²) in [5.41, 5.74) is 1.39. The molecule has 0 bridgehead atoms. The number of rotatable bonds is 6. The number of carbonyl (C=O) groups excluding carboxylic acids is 1. The first-order chi connectivity index (χ1) is 13.3. The van der Waals surface area contributed by atoms with Crippen molar-refractivity contribution in [2.24, 2.45) is 5.92 Å². The number of hydrogen-bond acceptors (Lipinski definition) is 3. The number of halogens is 2. The lowest BCUT2D eigenvalue weighted by Crippen LogP contribution is -2.43. The molecule has 3 rings (SSSR count). The van der Waals surface area contributed by atoms with Gasteiger partial charge in [-0.25, -0.2) is 17.1 Å². The van der Waals surface area contributed by atoms with Gasteiger partial charge < -0.3 is 5.32 Å². The second-order valence-electron chi connectivity index (χ2n) is 6.87. The predicted molar refractivity (Wildman–Crippen MR) is 107 cm³/mol. The minimum atomic E-state index is -3.49. The normalized spacial score (nSPS) is 16.1. The zero-order chi connectivity index (χ0) is 20.1. The molecule has 1 saturated heterocycles. The summed E-state index contributed by atoms with van der Waals surface area (Å²) in [4.78, 5) is 12.4. The lowest BCUT2D eigenvalue weighted by molar-refractivity contribution is -0.126. The van der Waals surface area contributed by atoms with Crippen LogP contribution < -0.4 is 5.32 Å². The summed E-state index contributed by atoms with van der Waals surface area (Å²) >= 11 is 6.07. The van der Waals surface area contributed by atoms with Crippen LogP contribution in [0.5, 0.6) is 0 Å². The van der Waals surface area contributed by atoms with E-state index in [-0.39, 0.29) is 23.4 Å². The van der Waals surface area contributed by atoms with Crippen LogP contribution in [0.2, 0.25) is 5.02 Å². The van der Waals surface area contributed by atoms with Crippen molar-refractivity contribution < 1.29 is 17.6 Å². The topological polar surface area (TPSA) is 66.5 Å². The number of piperidine rings is 1. The highest BCUT2D eigenvalue weighted by Crippen LogP contribution is 2.24. The Bertz CT molecular complexity index is 927. The monoisotopic (exact) mass is 424 g/mol. The SMILES string of the molecule is O=C(NCc1ccc(F)cc1)C1CCN(S(=O)(=O)Cc2ccccc2Cl)CC1. The molecule has 1 aliphatic heterocycles. The molecule has 28 heavy (non-hydrogen) atoms. The summed E-state index contributed by atoms with van der Waals surface area (Å²) in [5.74, 6) is -0.797. The number of sulfonamides is 1.